The molecule has 1 N–H and O–H groups in total. The second kappa shape index (κ2) is 6.55. The van der Waals surface area contributed by atoms with E-state index in [1.807, 2.05) is 4.90 Å². The van der Waals surface area contributed by atoms with E-state index in [1.165, 1.54) is 6.33 Å². The zero-order valence-electron chi connectivity index (χ0n) is 8.56. The molecule has 0 unspecified atom stereocenters. The van der Waals surface area contributed by atoms with Crippen LogP contribution in [0.1, 0.15) is 0 Å². The van der Waals surface area contributed by atoms with Gasteiger partial charge in [-0.2, -0.15) is 0 Å². The normalized spacial score (nSPS) is 10.3. The fraction of sp³-hybridized carbons (Fsp3) is 0.556. The Kier molecular flexibility index (Phi) is 5.31. The molecule has 1 heterocycles. The molecule has 0 aliphatic carbocycles. The van der Waals surface area contributed by atoms with Crippen molar-refractivity contribution in [3.8, 4) is 0 Å². The molecule has 0 radical (unpaired) electrons. The molecule has 1 aromatic rings. The minimum Gasteiger partial charge on any atom is -0.395 e. The van der Waals surface area contributed by atoms with Crippen molar-refractivity contribution in [1.82, 2.24) is 9.97 Å². The van der Waals surface area contributed by atoms with Gasteiger partial charge in [-0.05, 0) is 0 Å². The second-order valence-corrected chi connectivity index (χ2v) is 3.29. The molecule has 0 atom stereocenters. The third-order valence-corrected chi connectivity index (χ3v) is 2.09. The topological polar surface area (TPSA) is 58.5 Å². The van der Waals surface area contributed by atoms with Crippen molar-refractivity contribution in [2.45, 2.75) is 0 Å². The number of aliphatic hydroxyl groups is 1. The van der Waals surface area contributed by atoms with Gasteiger partial charge in [-0.1, -0.05) is 11.6 Å². The van der Waals surface area contributed by atoms with Crippen LogP contribution in [0.2, 0.25) is 5.15 Å². The van der Waals surface area contributed by atoms with Crippen molar-refractivity contribution in [2.75, 3.05) is 38.3 Å². The fourth-order valence-electron chi connectivity index (χ4n) is 1.16. The Morgan fingerprint density at radius 1 is 1.47 bits per heavy atom. The molecule has 0 amide bonds. The number of hydrogen-bond donors (Lipinski definition) is 1. The van der Waals surface area contributed by atoms with E-state index in [-0.39, 0.29) is 6.61 Å². The van der Waals surface area contributed by atoms with E-state index >= 15 is 0 Å². The Morgan fingerprint density at radius 3 is 2.87 bits per heavy atom. The van der Waals surface area contributed by atoms with Gasteiger partial charge in [0.25, 0.3) is 0 Å². The Bertz CT molecular complexity index is 298. The molecule has 0 aromatic carbocycles. The predicted molar refractivity (Wildman–Crippen MR) is 58.2 cm³/mol. The Balaban J connectivity index is 2.69. The standard InChI is InChI=1S/C9H14ClN3O2/c1-15-5-3-13(2-4-14)9-6-8(10)11-7-12-9/h6-7,14H,2-5H2,1H3. The first kappa shape index (κ1) is 12.2. The van der Waals surface area contributed by atoms with Crippen molar-refractivity contribution in [1.29, 1.82) is 0 Å². The summed E-state index contributed by atoms with van der Waals surface area (Å²) in [6.45, 7) is 1.79. The number of ether oxygens (including phenoxy) is 1. The molecule has 6 heteroatoms. The zero-order chi connectivity index (χ0) is 11.1. The van der Waals surface area contributed by atoms with Crippen molar-refractivity contribution >= 4 is 17.4 Å². The number of halogens is 1. The zero-order valence-corrected chi connectivity index (χ0v) is 9.31. The molecular formula is C9H14ClN3O2. The molecular weight excluding hydrogens is 218 g/mol. The number of aliphatic hydroxyl groups excluding tert-OH is 1. The van der Waals surface area contributed by atoms with Crippen molar-refractivity contribution in [3.05, 3.63) is 17.5 Å². The molecule has 0 aliphatic rings. The summed E-state index contributed by atoms with van der Waals surface area (Å²) in [5.74, 6) is 0.695. The van der Waals surface area contributed by atoms with Gasteiger partial charge in [-0.25, -0.2) is 9.97 Å². The maximum Gasteiger partial charge on any atom is 0.134 e. The second-order valence-electron chi connectivity index (χ2n) is 2.90. The van der Waals surface area contributed by atoms with E-state index in [1.54, 1.807) is 13.2 Å². The Labute approximate surface area is 93.7 Å². The van der Waals surface area contributed by atoms with Crippen LogP contribution in [-0.2, 0) is 4.74 Å². The summed E-state index contributed by atoms with van der Waals surface area (Å²) in [5.41, 5.74) is 0. The van der Waals surface area contributed by atoms with Crippen molar-refractivity contribution in [2.24, 2.45) is 0 Å². The number of anilines is 1. The number of rotatable bonds is 6. The van der Waals surface area contributed by atoms with E-state index in [0.29, 0.717) is 30.7 Å². The SMILES string of the molecule is COCCN(CCO)c1cc(Cl)ncn1. The van der Waals surface area contributed by atoms with Gasteiger partial charge in [0.1, 0.15) is 17.3 Å². The smallest absolute Gasteiger partial charge is 0.134 e. The lowest BCUT2D eigenvalue weighted by atomic mass is 10.4. The summed E-state index contributed by atoms with van der Waals surface area (Å²) < 4.78 is 4.97. The highest BCUT2D eigenvalue weighted by Gasteiger charge is 2.07. The molecule has 1 aromatic heterocycles. The molecule has 0 saturated heterocycles. The summed E-state index contributed by atoms with van der Waals surface area (Å²) in [6.07, 6.45) is 1.40. The summed E-state index contributed by atoms with van der Waals surface area (Å²) in [4.78, 5) is 9.76. The van der Waals surface area contributed by atoms with Gasteiger partial charge in [0.2, 0.25) is 0 Å². The molecule has 0 bridgehead atoms. The highest BCUT2D eigenvalue weighted by molar-refractivity contribution is 6.29. The van der Waals surface area contributed by atoms with Gasteiger partial charge in [0, 0.05) is 26.3 Å². The van der Waals surface area contributed by atoms with Gasteiger partial charge in [0.05, 0.1) is 13.2 Å². The quantitative estimate of drug-likeness (QED) is 0.726. The van der Waals surface area contributed by atoms with E-state index in [9.17, 15) is 0 Å². The Morgan fingerprint density at radius 2 is 2.27 bits per heavy atom. The average molecular weight is 232 g/mol. The van der Waals surface area contributed by atoms with E-state index < -0.39 is 0 Å². The summed E-state index contributed by atoms with van der Waals surface area (Å²) in [5, 5.41) is 9.30. The van der Waals surface area contributed by atoms with Crippen LogP contribution in [0.5, 0.6) is 0 Å². The number of nitrogens with zero attached hydrogens (tertiary/aromatic N) is 3. The first-order valence-corrected chi connectivity index (χ1v) is 4.98. The maximum atomic E-state index is 8.91. The monoisotopic (exact) mass is 231 g/mol. The number of hydrogen-bond acceptors (Lipinski definition) is 5. The summed E-state index contributed by atoms with van der Waals surface area (Å²) in [6, 6.07) is 1.66. The fourth-order valence-corrected chi connectivity index (χ4v) is 1.30. The Hall–Kier alpha value is -0.910. The lowest BCUT2D eigenvalue weighted by Gasteiger charge is -2.21. The highest BCUT2D eigenvalue weighted by atomic mass is 35.5. The molecule has 0 spiro atoms. The lowest BCUT2D eigenvalue weighted by Crippen LogP contribution is -2.30. The van der Waals surface area contributed by atoms with Crippen LogP contribution < -0.4 is 4.90 Å². The van der Waals surface area contributed by atoms with E-state index in [0.717, 1.165) is 0 Å². The van der Waals surface area contributed by atoms with Gasteiger partial charge in [-0.3, -0.25) is 0 Å². The summed E-state index contributed by atoms with van der Waals surface area (Å²) in [7, 11) is 1.63. The lowest BCUT2D eigenvalue weighted by molar-refractivity contribution is 0.202. The molecule has 0 fully saturated rings. The van der Waals surface area contributed by atoms with Gasteiger partial charge >= 0.3 is 0 Å². The van der Waals surface area contributed by atoms with Crippen LogP contribution in [0.3, 0.4) is 0 Å². The molecule has 1 rings (SSSR count). The van der Waals surface area contributed by atoms with Gasteiger partial charge < -0.3 is 14.7 Å². The van der Waals surface area contributed by atoms with Crippen LogP contribution in [0, 0.1) is 0 Å². The third-order valence-electron chi connectivity index (χ3n) is 1.88. The predicted octanol–water partition coefficient (Wildman–Crippen LogP) is 0.575. The molecule has 0 aliphatic heterocycles. The largest absolute Gasteiger partial charge is 0.395 e. The molecule has 0 saturated carbocycles. The molecule has 5 nitrogen and oxygen atoms in total. The molecule has 84 valence electrons. The maximum absolute atomic E-state index is 8.91. The first-order valence-electron chi connectivity index (χ1n) is 4.60. The van der Waals surface area contributed by atoms with Crippen molar-refractivity contribution in [3.63, 3.8) is 0 Å². The minimum atomic E-state index is 0.0608. The van der Waals surface area contributed by atoms with Gasteiger partial charge in [0.15, 0.2) is 0 Å². The molecule has 15 heavy (non-hydrogen) atoms. The highest BCUT2D eigenvalue weighted by Crippen LogP contribution is 2.13. The van der Waals surface area contributed by atoms with Crippen LogP contribution in [0.25, 0.3) is 0 Å². The van der Waals surface area contributed by atoms with E-state index in [4.69, 9.17) is 21.4 Å². The average Bonchev–Trinajstić information content (AvgIpc) is 2.24. The van der Waals surface area contributed by atoms with Gasteiger partial charge in [-0.15, -0.1) is 0 Å². The first-order chi connectivity index (χ1) is 7.27. The minimum absolute atomic E-state index is 0.0608. The van der Waals surface area contributed by atoms with Crippen LogP contribution in [0.15, 0.2) is 12.4 Å². The number of aromatic nitrogens is 2. The van der Waals surface area contributed by atoms with Crippen LogP contribution in [0.4, 0.5) is 5.82 Å². The third kappa shape index (κ3) is 3.99. The van der Waals surface area contributed by atoms with Crippen molar-refractivity contribution < 1.29 is 9.84 Å². The summed E-state index contributed by atoms with van der Waals surface area (Å²) >= 11 is 5.75. The van der Waals surface area contributed by atoms with Crippen LogP contribution >= 0.6 is 11.6 Å². The number of methoxy groups -OCH3 is 1. The van der Waals surface area contributed by atoms with E-state index in [2.05, 4.69) is 9.97 Å². The van der Waals surface area contributed by atoms with Crippen LogP contribution in [-0.4, -0.2) is 48.5 Å².